The lowest BCUT2D eigenvalue weighted by Crippen LogP contribution is -2.29. The van der Waals surface area contributed by atoms with Gasteiger partial charge in [-0.2, -0.15) is 0 Å². The molecule has 176 valence electrons. The van der Waals surface area contributed by atoms with Crippen LogP contribution in [0.1, 0.15) is 22.7 Å². The molecule has 1 unspecified atom stereocenters. The summed E-state index contributed by atoms with van der Waals surface area (Å²) in [6, 6.07) is 18.7. The zero-order chi connectivity index (χ0) is 24.7. The van der Waals surface area contributed by atoms with Gasteiger partial charge >= 0.3 is 5.91 Å². The number of carbonyl (C=O) groups is 2. The van der Waals surface area contributed by atoms with Gasteiger partial charge in [-0.15, -0.1) is 0 Å². The molecule has 1 aliphatic heterocycles. The van der Waals surface area contributed by atoms with Gasteiger partial charge in [-0.25, -0.2) is 4.98 Å². The highest BCUT2D eigenvalue weighted by Crippen LogP contribution is 2.44. The molecule has 35 heavy (non-hydrogen) atoms. The lowest BCUT2D eigenvalue weighted by atomic mass is 9.95. The second-order valence-electron chi connectivity index (χ2n) is 8.14. The van der Waals surface area contributed by atoms with Crippen molar-refractivity contribution in [2.45, 2.75) is 13.0 Å². The van der Waals surface area contributed by atoms with E-state index in [-0.39, 0.29) is 11.3 Å². The number of aliphatic hydroxyl groups excluding tert-OH is 1. The van der Waals surface area contributed by atoms with Gasteiger partial charge in [0, 0.05) is 5.56 Å². The van der Waals surface area contributed by atoms with Gasteiger partial charge in [0.25, 0.3) is 5.78 Å². The fourth-order valence-corrected chi connectivity index (χ4v) is 5.27. The molecular weight excluding hydrogens is 464 g/mol. The number of aliphatic hydroxyl groups is 1. The number of fused-ring (bicyclic) bond motifs is 1. The van der Waals surface area contributed by atoms with E-state index in [0.717, 1.165) is 15.8 Å². The highest BCUT2D eigenvalue weighted by molar-refractivity contribution is 7.22. The summed E-state index contributed by atoms with van der Waals surface area (Å²) < 4.78 is 11.4. The number of thiazole rings is 1. The summed E-state index contributed by atoms with van der Waals surface area (Å²) >= 11 is 1.33. The van der Waals surface area contributed by atoms with Crippen LogP contribution in [0.2, 0.25) is 0 Å². The molecule has 1 aliphatic rings. The van der Waals surface area contributed by atoms with Crippen LogP contribution in [0.4, 0.5) is 5.13 Å². The molecule has 1 saturated heterocycles. The molecule has 0 spiro atoms. The van der Waals surface area contributed by atoms with Gasteiger partial charge in [-0.3, -0.25) is 14.5 Å². The first-order chi connectivity index (χ1) is 16.9. The Morgan fingerprint density at radius 2 is 1.71 bits per heavy atom. The molecule has 1 aromatic heterocycles. The van der Waals surface area contributed by atoms with Crippen molar-refractivity contribution in [2.75, 3.05) is 19.1 Å². The minimum atomic E-state index is -0.867. The molecule has 2 heterocycles. The number of hydrogen-bond donors (Lipinski definition) is 1. The minimum Gasteiger partial charge on any atom is -0.507 e. The van der Waals surface area contributed by atoms with Crippen molar-refractivity contribution in [3.05, 3.63) is 89.0 Å². The predicted molar refractivity (Wildman–Crippen MR) is 135 cm³/mol. The van der Waals surface area contributed by atoms with E-state index >= 15 is 0 Å². The largest absolute Gasteiger partial charge is 0.507 e. The van der Waals surface area contributed by atoms with Crippen LogP contribution >= 0.6 is 11.3 Å². The smallest absolute Gasteiger partial charge is 0.301 e. The zero-order valence-electron chi connectivity index (χ0n) is 19.3. The van der Waals surface area contributed by atoms with Crippen LogP contribution in [0.15, 0.2) is 72.3 Å². The van der Waals surface area contributed by atoms with Crippen molar-refractivity contribution in [3.63, 3.8) is 0 Å². The highest BCUT2D eigenvalue weighted by atomic mass is 32.1. The third kappa shape index (κ3) is 3.91. The number of amides is 1. The Balaban J connectivity index is 1.72. The fraction of sp³-hybridized carbons (Fsp3) is 0.148. The Labute approximate surface area is 205 Å². The summed E-state index contributed by atoms with van der Waals surface area (Å²) in [5, 5.41) is 11.7. The molecule has 0 radical (unpaired) electrons. The monoisotopic (exact) mass is 486 g/mol. The molecule has 0 saturated carbocycles. The van der Waals surface area contributed by atoms with Gasteiger partial charge in [0.1, 0.15) is 17.3 Å². The number of rotatable bonds is 5. The summed E-state index contributed by atoms with van der Waals surface area (Å²) in [6.07, 6.45) is 0. The number of aryl methyl sites for hydroxylation is 1. The molecule has 8 heteroatoms. The van der Waals surface area contributed by atoms with Gasteiger partial charge in [-0.1, -0.05) is 41.7 Å². The quantitative estimate of drug-likeness (QED) is 0.236. The maximum Gasteiger partial charge on any atom is 0.301 e. The molecule has 0 aliphatic carbocycles. The lowest BCUT2D eigenvalue weighted by Gasteiger charge is -2.23. The van der Waals surface area contributed by atoms with Crippen molar-refractivity contribution in [3.8, 4) is 11.5 Å². The number of methoxy groups -OCH3 is 2. The Bertz CT molecular complexity index is 1490. The molecule has 0 bridgehead atoms. The summed E-state index contributed by atoms with van der Waals surface area (Å²) in [5.41, 5.74) is 2.81. The standard InChI is InChI=1S/C27H22N2O5S/c1-15-7-12-20-21(13-15)35-27(28-20)29-23(16-8-10-18(33-2)11-9-16)22(25(31)26(29)32)24(30)17-5-4-6-19(14-17)34-3/h4-14,23,30H,1-3H3/b24-22+. The number of hydrogen-bond acceptors (Lipinski definition) is 7. The second kappa shape index (κ2) is 8.88. The van der Waals surface area contributed by atoms with Crippen LogP contribution in [-0.4, -0.2) is 36.0 Å². The molecule has 1 N–H and O–H groups in total. The van der Waals surface area contributed by atoms with Crippen molar-refractivity contribution >= 4 is 44.1 Å². The van der Waals surface area contributed by atoms with Crippen molar-refractivity contribution in [1.82, 2.24) is 4.98 Å². The third-order valence-corrected chi connectivity index (χ3v) is 6.98. The van der Waals surface area contributed by atoms with E-state index in [9.17, 15) is 14.7 Å². The van der Waals surface area contributed by atoms with Crippen LogP contribution in [-0.2, 0) is 9.59 Å². The van der Waals surface area contributed by atoms with E-state index in [1.54, 1.807) is 55.6 Å². The van der Waals surface area contributed by atoms with E-state index in [1.807, 2.05) is 25.1 Å². The normalized spacial score (nSPS) is 17.2. The van der Waals surface area contributed by atoms with E-state index < -0.39 is 17.7 Å². The fourth-order valence-electron chi connectivity index (χ4n) is 4.18. The molecule has 1 atom stereocenters. The number of ether oxygens (including phenoxy) is 2. The van der Waals surface area contributed by atoms with E-state index in [2.05, 4.69) is 4.98 Å². The van der Waals surface area contributed by atoms with Crippen molar-refractivity contribution < 1.29 is 24.2 Å². The van der Waals surface area contributed by atoms with Gasteiger partial charge < -0.3 is 14.6 Å². The SMILES string of the molecule is COc1ccc(C2/C(=C(\O)c3cccc(OC)c3)C(=O)C(=O)N2c2nc3ccc(C)cc3s2)cc1. The average molecular weight is 487 g/mol. The maximum absolute atomic E-state index is 13.4. The third-order valence-electron chi connectivity index (χ3n) is 5.96. The van der Waals surface area contributed by atoms with E-state index in [4.69, 9.17) is 9.47 Å². The highest BCUT2D eigenvalue weighted by Gasteiger charge is 2.48. The Kier molecular flexibility index (Phi) is 5.74. The molecule has 7 nitrogen and oxygen atoms in total. The van der Waals surface area contributed by atoms with Crippen LogP contribution in [0.25, 0.3) is 16.0 Å². The van der Waals surface area contributed by atoms with Gasteiger partial charge in [0.2, 0.25) is 0 Å². The van der Waals surface area contributed by atoms with Crippen LogP contribution in [0.5, 0.6) is 11.5 Å². The number of ketones is 1. The lowest BCUT2D eigenvalue weighted by molar-refractivity contribution is -0.132. The number of nitrogens with zero attached hydrogens (tertiary/aromatic N) is 2. The minimum absolute atomic E-state index is 0.0103. The Morgan fingerprint density at radius 1 is 0.971 bits per heavy atom. The number of Topliss-reactive ketones (excluding diaryl/α,β-unsaturated/α-hetero) is 1. The average Bonchev–Trinajstić information content (AvgIpc) is 3.41. The topological polar surface area (TPSA) is 89.0 Å². The van der Waals surface area contributed by atoms with E-state index in [0.29, 0.717) is 27.8 Å². The summed E-state index contributed by atoms with van der Waals surface area (Å²) in [4.78, 5) is 32.7. The van der Waals surface area contributed by atoms with Gasteiger partial charge in [-0.05, 0) is 54.4 Å². The molecular formula is C27H22N2O5S. The molecule has 5 rings (SSSR count). The first kappa shape index (κ1) is 22.6. The van der Waals surface area contributed by atoms with Gasteiger partial charge in [0.05, 0.1) is 36.1 Å². The first-order valence-electron chi connectivity index (χ1n) is 10.9. The van der Waals surface area contributed by atoms with Crippen LogP contribution in [0.3, 0.4) is 0 Å². The Morgan fingerprint density at radius 3 is 2.43 bits per heavy atom. The van der Waals surface area contributed by atoms with Crippen LogP contribution in [0, 0.1) is 6.92 Å². The van der Waals surface area contributed by atoms with Crippen LogP contribution < -0.4 is 14.4 Å². The number of benzene rings is 3. The summed E-state index contributed by atoms with van der Waals surface area (Å²) in [6.45, 7) is 1.98. The molecule has 3 aromatic carbocycles. The summed E-state index contributed by atoms with van der Waals surface area (Å²) in [5.74, 6) is -0.644. The zero-order valence-corrected chi connectivity index (χ0v) is 20.1. The predicted octanol–water partition coefficient (Wildman–Crippen LogP) is 5.25. The molecule has 1 amide bonds. The summed E-state index contributed by atoms with van der Waals surface area (Å²) in [7, 11) is 3.08. The number of carbonyl (C=O) groups excluding carboxylic acids is 2. The van der Waals surface area contributed by atoms with Crippen molar-refractivity contribution in [2.24, 2.45) is 0 Å². The van der Waals surface area contributed by atoms with Crippen molar-refractivity contribution in [1.29, 1.82) is 0 Å². The molecule has 1 fully saturated rings. The Hall–Kier alpha value is -4.17. The number of anilines is 1. The maximum atomic E-state index is 13.4. The van der Waals surface area contributed by atoms with Gasteiger partial charge in [0.15, 0.2) is 5.13 Å². The number of aromatic nitrogens is 1. The first-order valence-corrected chi connectivity index (χ1v) is 11.7. The molecule has 4 aromatic rings. The van der Waals surface area contributed by atoms with E-state index in [1.165, 1.54) is 23.3 Å². The second-order valence-corrected chi connectivity index (χ2v) is 9.15.